The summed E-state index contributed by atoms with van der Waals surface area (Å²) < 4.78 is 262. The molecule has 0 aliphatic rings. The molecule has 0 saturated carbocycles. The third kappa shape index (κ3) is 9.07. The van der Waals surface area contributed by atoms with Crippen LogP contribution < -0.4 is 31.8 Å². The van der Waals surface area contributed by atoms with Crippen molar-refractivity contribution in [1.82, 2.24) is 0 Å². The summed E-state index contributed by atoms with van der Waals surface area (Å²) in [7, 11) is 0. The van der Waals surface area contributed by atoms with Crippen molar-refractivity contribution in [3.63, 3.8) is 0 Å². The van der Waals surface area contributed by atoms with Gasteiger partial charge in [-0.15, -0.1) is 0 Å². The molecule has 354 valence electrons. The summed E-state index contributed by atoms with van der Waals surface area (Å²) >= 11 is 22.6. The SMILES string of the molecule is FC(F)(F)c1ccc(P(Cl)(OP(Cl)(c2ccc(C(F)(F)F)cc2)(c2ccc(C(F)(F)F)cc2)c2ccc(C(F)(F)F)cc2Cl)(c2ccc(C(F)(F)F)cc2)c2ccc(C(F)(F)F)cc2)cc1. The van der Waals surface area contributed by atoms with Gasteiger partial charge in [0.1, 0.15) is 0 Å². The van der Waals surface area contributed by atoms with Gasteiger partial charge in [0.15, 0.2) is 0 Å². The molecule has 66 heavy (non-hydrogen) atoms. The zero-order chi connectivity index (χ0) is 49.4. The van der Waals surface area contributed by atoms with Gasteiger partial charge in [0.05, 0.1) is 0 Å². The van der Waals surface area contributed by atoms with Crippen LogP contribution in [-0.2, 0) is 41.4 Å². The first-order chi connectivity index (χ1) is 30.0. The van der Waals surface area contributed by atoms with Crippen LogP contribution >= 0.6 is 46.4 Å². The van der Waals surface area contributed by atoms with Crippen LogP contribution in [0, 0.1) is 0 Å². The van der Waals surface area contributed by atoms with Crippen LogP contribution in [0.5, 0.6) is 0 Å². The fourth-order valence-electron chi connectivity index (χ4n) is 7.03. The second-order valence-electron chi connectivity index (χ2n) is 14.3. The minimum absolute atomic E-state index is 0.232. The fraction of sp³-hybridized carbons (Fsp3) is 0.143. The van der Waals surface area contributed by atoms with Gasteiger partial charge in [-0.2, -0.15) is 0 Å². The Morgan fingerprint density at radius 2 is 0.485 bits per heavy atom. The number of halogens is 21. The third-order valence-corrected chi connectivity index (χ3v) is 25.1. The van der Waals surface area contributed by atoms with Crippen molar-refractivity contribution >= 4 is 78.3 Å². The van der Waals surface area contributed by atoms with E-state index >= 15 is 0 Å². The first-order valence-corrected chi connectivity index (χ1v) is 24.5. The van der Waals surface area contributed by atoms with Gasteiger partial charge in [-0.25, -0.2) is 0 Å². The van der Waals surface area contributed by atoms with Crippen LogP contribution in [-0.4, -0.2) is 0 Å². The van der Waals surface area contributed by atoms with E-state index < -0.39 is 120 Å². The van der Waals surface area contributed by atoms with Crippen LogP contribution in [0.15, 0.2) is 140 Å². The van der Waals surface area contributed by atoms with Crippen LogP contribution in [0.3, 0.4) is 0 Å². The molecule has 0 saturated heterocycles. The van der Waals surface area contributed by atoms with E-state index in [9.17, 15) is 79.0 Å². The summed E-state index contributed by atoms with van der Waals surface area (Å²) in [4.78, 5) is 0. The Morgan fingerprint density at radius 1 is 0.288 bits per heavy atom. The molecule has 0 fully saturated rings. The summed E-state index contributed by atoms with van der Waals surface area (Å²) in [5.74, 6) is 0. The first kappa shape index (κ1) is 51.1. The summed E-state index contributed by atoms with van der Waals surface area (Å²) in [6.07, 6.45) is -44.2. The van der Waals surface area contributed by atoms with E-state index in [0.29, 0.717) is 133 Å². The van der Waals surface area contributed by atoms with Gasteiger partial charge in [-0.05, 0) is 0 Å². The van der Waals surface area contributed by atoms with Crippen molar-refractivity contribution in [3.05, 3.63) is 178 Å². The Labute approximate surface area is 375 Å². The van der Waals surface area contributed by atoms with Gasteiger partial charge in [-0.3, -0.25) is 0 Å². The monoisotopic (exact) mass is 1050 g/mol. The van der Waals surface area contributed by atoms with Gasteiger partial charge < -0.3 is 0 Å². The molecule has 6 aromatic rings. The van der Waals surface area contributed by atoms with E-state index in [2.05, 4.69) is 0 Å². The Kier molecular flexibility index (Phi) is 12.8. The maximum atomic E-state index is 14.2. The van der Waals surface area contributed by atoms with Crippen molar-refractivity contribution in [1.29, 1.82) is 0 Å². The van der Waals surface area contributed by atoms with Crippen molar-refractivity contribution < 1.29 is 83.3 Å². The Morgan fingerprint density at radius 3 is 0.682 bits per heavy atom. The zero-order valence-corrected chi connectivity index (χ0v) is 36.1. The quantitative estimate of drug-likeness (QED) is 0.109. The number of alkyl halides is 18. The molecular formula is C42H23Cl3F18OP2. The first-order valence-electron chi connectivity index (χ1n) is 18.0. The molecule has 0 radical (unpaired) electrons. The van der Waals surface area contributed by atoms with E-state index in [1.165, 1.54) is 0 Å². The molecule has 0 aliphatic carbocycles. The average Bonchev–Trinajstić information content (AvgIpc) is 3.22. The molecule has 0 N–H and O–H groups in total. The number of rotatable bonds is 8. The van der Waals surface area contributed by atoms with Gasteiger partial charge in [0.2, 0.25) is 0 Å². The van der Waals surface area contributed by atoms with Crippen LogP contribution in [0.25, 0.3) is 0 Å². The van der Waals surface area contributed by atoms with E-state index in [4.69, 9.17) is 38.4 Å². The second kappa shape index (κ2) is 16.5. The number of benzene rings is 6. The summed E-state index contributed by atoms with van der Waals surface area (Å²) in [6.45, 7) is 0. The molecule has 0 spiro atoms. The average molecular weight is 1050 g/mol. The van der Waals surface area contributed by atoms with E-state index in [0.717, 1.165) is 0 Å². The maximum absolute atomic E-state index is 14.2. The van der Waals surface area contributed by atoms with Crippen LogP contribution in [0.1, 0.15) is 33.4 Å². The predicted molar refractivity (Wildman–Crippen MR) is 218 cm³/mol. The molecule has 0 unspecified atom stereocenters. The molecule has 0 bridgehead atoms. The fourth-order valence-corrected chi connectivity index (χ4v) is 23.0. The molecule has 0 atom stereocenters. The zero-order valence-electron chi connectivity index (χ0n) is 32.0. The second-order valence-corrected chi connectivity index (χ2v) is 26.1. The van der Waals surface area contributed by atoms with Crippen LogP contribution in [0.4, 0.5) is 79.0 Å². The van der Waals surface area contributed by atoms with Crippen molar-refractivity contribution in [3.8, 4) is 0 Å². The minimum atomic E-state index is -6.69. The van der Waals surface area contributed by atoms with Gasteiger partial charge in [0, 0.05) is 0 Å². The van der Waals surface area contributed by atoms with Crippen molar-refractivity contribution in [2.75, 3.05) is 0 Å². The normalized spacial score (nSPS) is 14.9. The molecule has 0 heterocycles. The van der Waals surface area contributed by atoms with E-state index in [1.54, 1.807) is 0 Å². The van der Waals surface area contributed by atoms with Gasteiger partial charge in [0.25, 0.3) is 0 Å². The van der Waals surface area contributed by atoms with E-state index in [1.807, 2.05) is 0 Å². The Balaban J connectivity index is 1.94. The van der Waals surface area contributed by atoms with Gasteiger partial charge in [-0.1, -0.05) is 0 Å². The molecule has 24 heteroatoms. The van der Waals surface area contributed by atoms with Crippen molar-refractivity contribution in [2.45, 2.75) is 37.1 Å². The number of hydrogen-bond donors (Lipinski definition) is 0. The molecule has 0 aromatic heterocycles. The molecule has 0 aliphatic heterocycles. The van der Waals surface area contributed by atoms with Crippen LogP contribution in [0.2, 0.25) is 5.02 Å². The summed E-state index contributed by atoms with van der Waals surface area (Å²) in [6, 6.07) is 10.5. The third-order valence-electron chi connectivity index (χ3n) is 10.3. The molecule has 1 nitrogen and oxygen atoms in total. The topological polar surface area (TPSA) is 9.23 Å². The molecule has 6 aromatic carbocycles. The molecule has 0 amide bonds. The van der Waals surface area contributed by atoms with Crippen molar-refractivity contribution in [2.24, 2.45) is 0 Å². The predicted octanol–water partition coefficient (Wildman–Crippen LogP) is 15.0. The number of hydrogen-bond acceptors (Lipinski definition) is 1. The molecular weight excluding hydrogens is 1030 g/mol. The standard InChI is InChI=1S/C42H23Cl3F18OP2/c43-35-23-29(42(61,62)63)11-22-36(35)66(45,33-18-7-27(8-19-33)40(55,56)57,34-20-9-28(10-21-34)41(58,59)60)64-65(44,30-12-1-24(2-13-30)37(46,47)48,31-14-3-25(4-15-31)38(49,50)51)32-16-5-26(6-17-32)39(52,53)54/h1-23H. The summed E-state index contributed by atoms with van der Waals surface area (Å²) in [5.41, 5.74) is -8.66. The van der Waals surface area contributed by atoms with Gasteiger partial charge >= 0.3 is 377 Å². The Bertz CT molecular complexity index is 2530. The summed E-state index contributed by atoms with van der Waals surface area (Å²) in [5, 5.41) is -5.76. The Hall–Kier alpha value is -4.25. The van der Waals surface area contributed by atoms with E-state index in [-0.39, 0.29) is 6.07 Å². The molecule has 6 rings (SSSR count).